The minimum absolute atomic E-state index is 0.0936. The van der Waals surface area contributed by atoms with Crippen molar-refractivity contribution in [1.82, 2.24) is 0 Å². The van der Waals surface area contributed by atoms with E-state index in [1.165, 1.54) is 32.1 Å². The summed E-state index contributed by atoms with van der Waals surface area (Å²) in [6.07, 6.45) is 7.79. The van der Waals surface area contributed by atoms with Crippen LogP contribution in [0.1, 0.15) is 64.7 Å². The average Bonchev–Trinajstić information content (AvgIpc) is 3.26. The number of carbonyl (C=O) groups excluding carboxylic acids is 1. The first-order valence-electron chi connectivity index (χ1n) is 13.2. The van der Waals surface area contributed by atoms with Crippen molar-refractivity contribution in [2.24, 2.45) is 0 Å². The van der Waals surface area contributed by atoms with Gasteiger partial charge in [-0.2, -0.15) is 0 Å². The van der Waals surface area contributed by atoms with Crippen LogP contribution >= 0.6 is 0 Å². The molecule has 0 amide bonds. The van der Waals surface area contributed by atoms with E-state index in [1.54, 1.807) is 0 Å². The summed E-state index contributed by atoms with van der Waals surface area (Å²) in [5, 5.41) is 27.4. The molecule has 1 heterocycles. The van der Waals surface area contributed by atoms with Gasteiger partial charge in [0.1, 0.15) is 31.0 Å². The quantitative estimate of drug-likeness (QED) is 0.130. The Morgan fingerprint density at radius 3 is 2.20 bits per heavy atom. The molecule has 0 aromatic carbocycles. The summed E-state index contributed by atoms with van der Waals surface area (Å²) in [6, 6.07) is 0. The molecule has 1 aliphatic heterocycles. The van der Waals surface area contributed by atoms with Crippen molar-refractivity contribution in [1.29, 1.82) is 0 Å². The molecule has 208 valence electrons. The number of hydrogen-bond donors (Lipinski definition) is 3. The van der Waals surface area contributed by atoms with Gasteiger partial charge in [0.2, 0.25) is 0 Å². The second-order valence-corrected chi connectivity index (χ2v) is 8.64. The lowest BCUT2D eigenvalue weighted by molar-refractivity contribution is -0.149. The van der Waals surface area contributed by atoms with Crippen LogP contribution in [0.25, 0.3) is 0 Å². The van der Waals surface area contributed by atoms with E-state index in [1.807, 2.05) is 0 Å². The number of aliphatic hydroxyl groups is 3. The van der Waals surface area contributed by atoms with Gasteiger partial charge in [-0.3, -0.25) is 4.79 Å². The molecule has 0 aromatic rings. The Bertz CT molecular complexity index is 493. The van der Waals surface area contributed by atoms with Crippen LogP contribution in [0.5, 0.6) is 0 Å². The van der Waals surface area contributed by atoms with Crippen molar-refractivity contribution in [3.63, 3.8) is 0 Å². The molecule has 10 nitrogen and oxygen atoms in total. The van der Waals surface area contributed by atoms with Crippen molar-refractivity contribution in [3.8, 4) is 0 Å². The standard InChI is InChI=1S/C25H48O10/c1-2-3-4-5-6-7-8-9-10-23(29)33-18-17-30-19-21(31-14-11-26)25-24(34-16-13-28)22(20-35-25)32-15-12-27/h21-22,24-28H,2-20H2,1H3. The van der Waals surface area contributed by atoms with Crippen molar-refractivity contribution in [2.75, 3.05) is 66.1 Å². The van der Waals surface area contributed by atoms with Crippen LogP contribution in [-0.4, -0.2) is 112 Å². The summed E-state index contributed by atoms with van der Waals surface area (Å²) in [4.78, 5) is 11.9. The molecule has 3 N–H and O–H groups in total. The Morgan fingerprint density at radius 2 is 1.51 bits per heavy atom. The van der Waals surface area contributed by atoms with E-state index in [9.17, 15) is 9.90 Å². The van der Waals surface area contributed by atoms with Gasteiger partial charge in [-0.25, -0.2) is 0 Å². The van der Waals surface area contributed by atoms with Crippen LogP contribution in [0, 0.1) is 0 Å². The first-order valence-corrected chi connectivity index (χ1v) is 13.2. The summed E-state index contributed by atoms with van der Waals surface area (Å²) < 4.78 is 33.8. The molecule has 0 radical (unpaired) electrons. The van der Waals surface area contributed by atoms with E-state index in [2.05, 4.69) is 6.92 Å². The molecule has 0 aromatic heterocycles. The van der Waals surface area contributed by atoms with Crippen molar-refractivity contribution >= 4 is 5.97 Å². The van der Waals surface area contributed by atoms with E-state index in [0.29, 0.717) is 6.42 Å². The number of esters is 1. The second kappa shape index (κ2) is 22.4. The maximum atomic E-state index is 11.9. The normalized spacial score (nSPS) is 20.9. The molecular weight excluding hydrogens is 460 g/mol. The first kappa shape index (κ1) is 32.2. The lowest BCUT2D eigenvalue weighted by atomic mass is 10.1. The molecule has 4 atom stereocenters. The summed E-state index contributed by atoms with van der Waals surface area (Å²) >= 11 is 0. The maximum absolute atomic E-state index is 11.9. The monoisotopic (exact) mass is 508 g/mol. The largest absolute Gasteiger partial charge is 0.463 e. The van der Waals surface area contributed by atoms with Crippen molar-refractivity contribution in [3.05, 3.63) is 0 Å². The predicted molar refractivity (Wildman–Crippen MR) is 129 cm³/mol. The lowest BCUT2D eigenvalue weighted by Crippen LogP contribution is -2.45. The van der Waals surface area contributed by atoms with Crippen LogP contribution < -0.4 is 0 Å². The van der Waals surface area contributed by atoms with Gasteiger partial charge in [-0.05, 0) is 6.42 Å². The number of hydrogen-bond acceptors (Lipinski definition) is 10. The van der Waals surface area contributed by atoms with Crippen LogP contribution in [0.2, 0.25) is 0 Å². The smallest absolute Gasteiger partial charge is 0.305 e. The Labute approximate surface area is 210 Å². The molecule has 0 aliphatic carbocycles. The third kappa shape index (κ3) is 15.1. The minimum Gasteiger partial charge on any atom is -0.463 e. The topological polar surface area (TPSA) is 133 Å². The minimum atomic E-state index is -0.554. The van der Waals surface area contributed by atoms with E-state index >= 15 is 0 Å². The maximum Gasteiger partial charge on any atom is 0.305 e. The third-order valence-corrected chi connectivity index (χ3v) is 5.76. The molecule has 0 spiro atoms. The van der Waals surface area contributed by atoms with Gasteiger partial charge in [0.05, 0.1) is 59.5 Å². The van der Waals surface area contributed by atoms with Crippen LogP contribution in [-0.2, 0) is 33.2 Å². The molecule has 35 heavy (non-hydrogen) atoms. The summed E-state index contributed by atoms with van der Waals surface area (Å²) in [7, 11) is 0. The van der Waals surface area contributed by atoms with E-state index in [0.717, 1.165) is 19.3 Å². The molecule has 10 heteroatoms. The number of rotatable bonds is 24. The van der Waals surface area contributed by atoms with Gasteiger partial charge in [0.25, 0.3) is 0 Å². The molecule has 1 fully saturated rings. The molecular formula is C25H48O10. The lowest BCUT2D eigenvalue weighted by Gasteiger charge is -2.29. The first-order chi connectivity index (χ1) is 17.2. The zero-order chi connectivity index (χ0) is 25.6. The zero-order valence-electron chi connectivity index (χ0n) is 21.4. The Balaban J connectivity index is 2.30. The van der Waals surface area contributed by atoms with Gasteiger partial charge in [0, 0.05) is 6.42 Å². The number of ether oxygens (including phenoxy) is 6. The Kier molecular flexibility index (Phi) is 20.6. The predicted octanol–water partition coefficient (Wildman–Crippen LogP) is 1.61. The highest BCUT2D eigenvalue weighted by Crippen LogP contribution is 2.25. The van der Waals surface area contributed by atoms with Crippen LogP contribution in [0.15, 0.2) is 0 Å². The molecule has 0 bridgehead atoms. The molecule has 1 rings (SSSR count). The van der Waals surface area contributed by atoms with Gasteiger partial charge in [-0.15, -0.1) is 0 Å². The number of carbonyl (C=O) groups is 1. The Morgan fingerprint density at radius 1 is 0.857 bits per heavy atom. The summed E-state index contributed by atoms with van der Waals surface area (Å²) in [6.45, 7) is 2.86. The fourth-order valence-corrected chi connectivity index (χ4v) is 4.00. The average molecular weight is 509 g/mol. The van der Waals surface area contributed by atoms with E-state index in [-0.39, 0.29) is 72.0 Å². The van der Waals surface area contributed by atoms with E-state index < -0.39 is 24.4 Å². The fraction of sp³-hybridized carbons (Fsp3) is 0.960. The van der Waals surface area contributed by atoms with Gasteiger partial charge in [0.15, 0.2) is 0 Å². The van der Waals surface area contributed by atoms with Gasteiger partial charge in [-0.1, -0.05) is 51.9 Å². The zero-order valence-corrected chi connectivity index (χ0v) is 21.4. The highest BCUT2D eigenvalue weighted by atomic mass is 16.6. The van der Waals surface area contributed by atoms with Crippen molar-refractivity contribution in [2.45, 2.75) is 89.1 Å². The molecule has 4 unspecified atom stereocenters. The van der Waals surface area contributed by atoms with E-state index in [4.69, 9.17) is 38.6 Å². The molecule has 1 aliphatic rings. The number of unbranched alkanes of at least 4 members (excludes halogenated alkanes) is 7. The fourth-order valence-electron chi connectivity index (χ4n) is 4.00. The number of aliphatic hydroxyl groups excluding tert-OH is 3. The summed E-state index contributed by atoms with van der Waals surface area (Å²) in [5.74, 6) is -0.215. The second-order valence-electron chi connectivity index (χ2n) is 8.64. The molecule has 1 saturated heterocycles. The van der Waals surface area contributed by atoms with Crippen LogP contribution in [0.3, 0.4) is 0 Å². The molecule has 0 saturated carbocycles. The highest BCUT2D eigenvalue weighted by Gasteiger charge is 2.44. The third-order valence-electron chi connectivity index (χ3n) is 5.76. The summed E-state index contributed by atoms with van der Waals surface area (Å²) in [5.41, 5.74) is 0. The Hall–Kier alpha value is -0.850. The SMILES string of the molecule is CCCCCCCCCCC(=O)OCCOCC(OCCO)C1OCC(OCCO)C1OCCO. The van der Waals surface area contributed by atoms with Crippen molar-refractivity contribution < 1.29 is 48.5 Å². The van der Waals surface area contributed by atoms with Gasteiger partial charge >= 0.3 is 5.97 Å². The van der Waals surface area contributed by atoms with Gasteiger partial charge < -0.3 is 43.7 Å². The highest BCUT2D eigenvalue weighted by molar-refractivity contribution is 5.69. The van der Waals surface area contributed by atoms with Crippen LogP contribution in [0.4, 0.5) is 0 Å².